The van der Waals surface area contributed by atoms with Gasteiger partial charge in [0, 0.05) is 0 Å². The first-order valence-corrected chi connectivity index (χ1v) is 5.46. The molecule has 0 radical (unpaired) electrons. The molecule has 3 rings (SSSR count). The van der Waals surface area contributed by atoms with Gasteiger partial charge in [-0.1, -0.05) is 18.2 Å². The zero-order chi connectivity index (χ0) is 10.1. The molecule has 2 heteroatoms. The van der Waals surface area contributed by atoms with Crippen LogP contribution in [0.25, 0.3) is 5.57 Å². The third-order valence-electron chi connectivity index (χ3n) is 2.87. The number of rotatable bonds is 4. The lowest BCUT2D eigenvalue weighted by Crippen LogP contribution is -2.03. The summed E-state index contributed by atoms with van der Waals surface area (Å²) in [6, 6.07) is 8.34. The average molecular weight is 202 g/mol. The van der Waals surface area contributed by atoms with Gasteiger partial charge in [0.1, 0.15) is 18.5 Å². The van der Waals surface area contributed by atoms with Crippen molar-refractivity contribution in [2.24, 2.45) is 0 Å². The Morgan fingerprint density at radius 3 is 2.53 bits per heavy atom. The molecule has 1 aliphatic carbocycles. The van der Waals surface area contributed by atoms with Crippen LogP contribution in [-0.2, 0) is 4.74 Å². The Morgan fingerprint density at radius 1 is 1.27 bits per heavy atom. The van der Waals surface area contributed by atoms with E-state index in [2.05, 4.69) is 18.2 Å². The Hall–Kier alpha value is -1.28. The Balaban J connectivity index is 1.64. The van der Waals surface area contributed by atoms with E-state index in [9.17, 15) is 0 Å². The van der Waals surface area contributed by atoms with E-state index in [0.29, 0.717) is 12.7 Å². The molecule has 1 atom stereocenters. The van der Waals surface area contributed by atoms with Gasteiger partial charge in [0.15, 0.2) is 0 Å². The summed E-state index contributed by atoms with van der Waals surface area (Å²) in [6.45, 7) is 1.53. The quantitative estimate of drug-likeness (QED) is 0.700. The molecule has 1 aromatic carbocycles. The Kier molecular flexibility index (Phi) is 2.22. The van der Waals surface area contributed by atoms with E-state index >= 15 is 0 Å². The normalized spacial score (nSPS) is 22.9. The number of hydrogen-bond donors (Lipinski definition) is 0. The molecular formula is C13H14O2. The van der Waals surface area contributed by atoms with Crippen molar-refractivity contribution in [1.29, 1.82) is 0 Å². The molecule has 1 saturated heterocycles. The lowest BCUT2D eigenvalue weighted by Gasteiger charge is -2.14. The highest BCUT2D eigenvalue weighted by Crippen LogP contribution is 2.29. The van der Waals surface area contributed by atoms with Crippen molar-refractivity contribution in [2.75, 3.05) is 13.2 Å². The lowest BCUT2D eigenvalue weighted by atomic mass is 9.92. The summed E-state index contributed by atoms with van der Waals surface area (Å²) in [4.78, 5) is 0. The van der Waals surface area contributed by atoms with Gasteiger partial charge in [0.05, 0.1) is 6.61 Å². The Bertz CT molecular complexity index is 374. The number of ether oxygens (including phenoxy) is 2. The van der Waals surface area contributed by atoms with Crippen molar-refractivity contribution < 1.29 is 9.47 Å². The largest absolute Gasteiger partial charge is 0.491 e. The monoisotopic (exact) mass is 202 g/mol. The van der Waals surface area contributed by atoms with E-state index in [-0.39, 0.29) is 0 Å². The van der Waals surface area contributed by atoms with E-state index in [4.69, 9.17) is 9.47 Å². The topological polar surface area (TPSA) is 21.8 Å². The van der Waals surface area contributed by atoms with Crippen LogP contribution < -0.4 is 4.74 Å². The number of hydrogen-bond acceptors (Lipinski definition) is 2. The Morgan fingerprint density at radius 2 is 2.00 bits per heavy atom. The van der Waals surface area contributed by atoms with E-state index < -0.39 is 0 Å². The standard InChI is InChI=1S/C13H14O2/c1-2-10(3-1)11-4-6-12(7-5-11)14-8-13-9-15-13/h2,4-7,13H,1,3,8-9H2. The van der Waals surface area contributed by atoms with E-state index in [1.54, 1.807) is 0 Å². The third-order valence-corrected chi connectivity index (χ3v) is 2.87. The van der Waals surface area contributed by atoms with Crippen LogP contribution in [0.4, 0.5) is 0 Å². The highest BCUT2D eigenvalue weighted by atomic mass is 16.6. The van der Waals surface area contributed by atoms with Gasteiger partial charge in [0.25, 0.3) is 0 Å². The van der Waals surface area contributed by atoms with Gasteiger partial charge in [-0.25, -0.2) is 0 Å². The van der Waals surface area contributed by atoms with Gasteiger partial charge in [-0.3, -0.25) is 0 Å². The molecule has 1 aliphatic heterocycles. The first-order valence-electron chi connectivity index (χ1n) is 5.46. The predicted octanol–water partition coefficient (Wildman–Crippen LogP) is 2.64. The van der Waals surface area contributed by atoms with Crippen molar-refractivity contribution in [3.05, 3.63) is 35.9 Å². The number of allylic oxidation sites excluding steroid dienone is 2. The van der Waals surface area contributed by atoms with Crippen LogP contribution in [0.15, 0.2) is 30.3 Å². The lowest BCUT2D eigenvalue weighted by molar-refractivity contribution is 0.263. The van der Waals surface area contributed by atoms with Gasteiger partial charge < -0.3 is 9.47 Å². The van der Waals surface area contributed by atoms with Crippen LogP contribution in [0.2, 0.25) is 0 Å². The highest BCUT2D eigenvalue weighted by Gasteiger charge is 2.22. The number of epoxide rings is 1. The maximum Gasteiger partial charge on any atom is 0.119 e. The maximum absolute atomic E-state index is 5.57. The molecule has 15 heavy (non-hydrogen) atoms. The Labute approximate surface area is 89.5 Å². The second-order valence-electron chi connectivity index (χ2n) is 4.06. The molecule has 0 aromatic heterocycles. The fourth-order valence-corrected chi connectivity index (χ4v) is 1.67. The summed E-state index contributed by atoms with van der Waals surface area (Å²) >= 11 is 0. The summed E-state index contributed by atoms with van der Waals surface area (Å²) in [5.74, 6) is 0.939. The highest BCUT2D eigenvalue weighted by molar-refractivity contribution is 5.70. The van der Waals surface area contributed by atoms with Crippen molar-refractivity contribution in [1.82, 2.24) is 0 Å². The van der Waals surface area contributed by atoms with Crippen LogP contribution in [0.3, 0.4) is 0 Å². The van der Waals surface area contributed by atoms with Crippen LogP contribution in [0, 0.1) is 0 Å². The van der Waals surface area contributed by atoms with Gasteiger partial charge >= 0.3 is 0 Å². The van der Waals surface area contributed by atoms with E-state index in [1.807, 2.05) is 12.1 Å². The third kappa shape index (κ3) is 2.05. The second kappa shape index (κ2) is 3.70. The van der Waals surface area contributed by atoms with Crippen LogP contribution >= 0.6 is 0 Å². The molecular weight excluding hydrogens is 188 g/mol. The van der Waals surface area contributed by atoms with Gasteiger partial charge in [-0.2, -0.15) is 0 Å². The fraction of sp³-hybridized carbons (Fsp3) is 0.385. The van der Waals surface area contributed by atoms with Gasteiger partial charge in [-0.05, 0) is 36.1 Å². The molecule has 0 N–H and O–H groups in total. The van der Waals surface area contributed by atoms with Gasteiger partial charge in [0.2, 0.25) is 0 Å². The molecule has 0 amide bonds. The average Bonchev–Trinajstić information content (AvgIpc) is 2.98. The first kappa shape index (κ1) is 8.98. The molecule has 2 nitrogen and oxygen atoms in total. The number of benzene rings is 1. The summed E-state index contributed by atoms with van der Waals surface area (Å²) in [7, 11) is 0. The molecule has 0 bridgehead atoms. The molecule has 1 fully saturated rings. The van der Waals surface area contributed by atoms with Crippen LogP contribution in [0.5, 0.6) is 5.75 Å². The summed E-state index contributed by atoms with van der Waals surface area (Å²) in [5, 5.41) is 0. The van der Waals surface area contributed by atoms with E-state index in [0.717, 1.165) is 12.4 Å². The molecule has 1 unspecified atom stereocenters. The minimum Gasteiger partial charge on any atom is -0.491 e. The summed E-state index contributed by atoms with van der Waals surface area (Å²) in [6.07, 6.45) is 5.07. The van der Waals surface area contributed by atoms with Crippen molar-refractivity contribution >= 4 is 5.57 Å². The predicted molar refractivity (Wildman–Crippen MR) is 58.9 cm³/mol. The second-order valence-corrected chi connectivity index (χ2v) is 4.06. The zero-order valence-corrected chi connectivity index (χ0v) is 8.61. The molecule has 1 aromatic rings. The summed E-state index contributed by atoms with van der Waals surface area (Å²) in [5.41, 5.74) is 2.79. The first-order chi connectivity index (χ1) is 7.42. The minimum absolute atomic E-state index is 0.332. The van der Waals surface area contributed by atoms with Crippen molar-refractivity contribution in [2.45, 2.75) is 18.9 Å². The molecule has 2 aliphatic rings. The fourth-order valence-electron chi connectivity index (χ4n) is 1.67. The van der Waals surface area contributed by atoms with Crippen LogP contribution in [0.1, 0.15) is 18.4 Å². The molecule has 1 heterocycles. The van der Waals surface area contributed by atoms with Crippen molar-refractivity contribution in [3.8, 4) is 5.75 Å². The SMILES string of the molecule is C1=C(c2ccc(OCC3CO3)cc2)CC1. The van der Waals surface area contributed by atoms with E-state index in [1.165, 1.54) is 24.0 Å². The molecule has 78 valence electrons. The minimum atomic E-state index is 0.332. The maximum atomic E-state index is 5.57. The van der Waals surface area contributed by atoms with Gasteiger partial charge in [-0.15, -0.1) is 0 Å². The van der Waals surface area contributed by atoms with Crippen LogP contribution in [-0.4, -0.2) is 19.3 Å². The molecule has 0 saturated carbocycles. The van der Waals surface area contributed by atoms with Crippen molar-refractivity contribution in [3.63, 3.8) is 0 Å². The zero-order valence-electron chi connectivity index (χ0n) is 8.61. The smallest absolute Gasteiger partial charge is 0.119 e. The summed E-state index contributed by atoms with van der Waals surface area (Å²) < 4.78 is 10.7. The molecule has 0 spiro atoms.